The lowest BCUT2D eigenvalue weighted by molar-refractivity contribution is -0.129. The van der Waals surface area contributed by atoms with Crippen molar-refractivity contribution in [3.05, 3.63) is 42.0 Å². The van der Waals surface area contributed by atoms with Crippen molar-refractivity contribution in [1.29, 1.82) is 0 Å². The summed E-state index contributed by atoms with van der Waals surface area (Å²) in [7, 11) is 0. The monoisotopic (exact) mass is 233 g/mol. The maximum absolute atomic E-state index is 12.0. The van der Waals surface area contributed by atoms with Crippen LogP contribution < -0.4 is 0 Å². The van der Waals surface area contributed by atoms with E-state index in [1.54, 1.807) is 23.1 Å². The Morgan fingerprint density at radius 3 is 2.59 bits per heavy atom. The average Bonchev–Trinajstić information content (AvgIpc) is 2.28. The molecule has 0 unspecified atom stereocenters. The van der Waals surface area contributed by atoms with Crippen molar-refractivity contribution < 1.29 is 9.90 Å². The topological polar surface area (TPSA) is 40.5 Å². The zero-order valence-corrected chi connectivity index (χ0v) is 10.4. The lowest BCUT2D eigenvalue weighted by Gasteiger charge is -2.21. The number of para-hydroxylation sites is 1. The lowest BCUT2D eigenvalue weighted by Crippen LogP contribution is -2.33. The summed E-state index contributed by atoms with van der Waals surface area (Å²) in [6.07, 6.45) is 0.230. The van der Waals surface area contributed by atoms with Crippen molar-refractivity contribution in [2.24, 2.45) is 0 Å². The molecule has 0 aromatic heterocycles. The molecule has 0 atom stereocenters. The smallest absolute Gasteiger partial charge is 0.227 e. The molecule has 0 spiro atoms. The second kappa shape index (κ2) is 6.09. The van der Waals surface area contributed by atoms with Gasteiger partial charge in [0.25, 0.3) is 0 Å². The molecular formula is C14H19NO2. The van der Waals surface area contributed by atoms with Gasteiger partial charge in [-0.2, -0.15) is 0 Å². The van der Waals surface area contributed by atoms with E-state index >= 15 is 0 Å². The van der Waals surface area contributed by atoms with Crippen LogP contribution in [0, 0.1) is 0 Å². The maximum Gasteiger partial charge on any atom is 0.227 e. The van der Waals surface area contributed by atoms with Crippen molar-refractivity contribution in [3.8, 4) is 5.75 Å². The van der Waals surface area contributed by atoms with E-state index < -0.39 is 0 Å². The summed E-state index contributed by atoms with van der Waals surface area (Å²) < 4.78 is 0. The fraction of sp³-hybridized carbons (Fsp3) is 0.357. The predicted octanol–water partition coefficient (Wildman–Crippen LogP) is 2.36. The van der Waals surface area contributed by atoms with Crippen LogP contribution in [0.5, 0.6) is 5.75 Å². The number of nitrogens with zero attached hydrogens (tertiary/aromatic N) is 1. The third-order valence-corrected chi connectivity index (χ3v) is 2.53. The van der Waals surface area contributed by atoms with Gasteiger partial charge in [0.2, 0.25) is 5.91 Å². The molecule has 1 rings (SSSR count). The Bertz CT molecular complexity index is 412. The number of carbonyl (C=O) groups is 1. The van der Waals surface area contributed by atoms with E-state index in [1.165, 1.54) is 0 Å². The van der Waals surface area contributed by atoms with Crippen LogP contribution in [0.2, 0.25) is 0 Å². The highest BCUT2D eigenvalue weighted by Gasteiger charge is 2.13. The van der Waals surface area contributed by atoms with E-state index in [0.29, 0.717) is 18.7 Å². The molecule has 0 saturated carbocycles. The highest BCUT2D eigenvalue weighted by molar-refractivity contribution is 5.79. The minimum Gasteiger partial charge on any atom is -0.508 e. The van der Waals surface area contributed by atoms with E-state index in [9.17, 15) is 9.90 Å². The summed E-state index contributed by atoms with van der Waals surface area (Å²) in [5.74, 6) is 0.184. The number of benzene rings is 1. The lowest BCUT2D eigenvalue weighted by atomic mass is 10.1. The Hall–Kier alpha value is -1.77. The minimum absolute atomic E-state index is 0.0111. The summed E-state index contributed by atoms with van der Waals surface area (Å²) in [4.78, 5) is 13.7. The fourth-order valence-electron chi connectivity index (χ4n) is 1.64. The third kappa shape index (κ3) is 3.94. The quantitative estimate of drug-likeness (QED) is 0.793. The number of hydrogen-bond acceptors (Lipinski definition) is 2. The van der Waals surface area contributed by atoms with Gasteiger partial charge in [0.1, 0.15) is 5.75 Å². The van der Waals surface area contributed by atoms with Gasteiger partial charge in [0, 0.05) is 18.7 Å². The molecule has 0 heterocycles. The van der Waals surface area contributed by atoms with Gasteiger partial charge >= 0.3 is 0 Å². The zero-order chi connectivity index (χ0) is 12.8. The van der Waals surface area contributed by atoms with Gasteiger partial charge in [-0.15, -0.1) is 0 Å². The first-order valence-electron chi connectivity index (χ1n) is 5.73. The normalized spacial score (nSPS) is 10.0. The van der Waals surface area contributed by atoms with Crippen LogP contribution in [0.4, 0.5) is 0 Å². The largest absolute Gasteiger partial charge is 0.508 e. The number of aromatic hydroxyl groups is 1. The summed E-state index contributed by atoms with van der Waals surface area (Å²) in [6.45, 7) is 8.87. The Morgan fingerprint density at radius 2 is 2.06 bits per heavy atom. The van der Waals surface area contributed by atoms with Crippen LogP contribution in [-0.4, -0.2) is 29.0 Å². The van der Waals surface area contributed by atoms with Gasteiger partial charge in [-0.3, -0.25) is 4.79 Å². The molecule has 0 aliphatic heterocycles. The number of carbonyl (C=O) groups excluding carboxylic acids is 1. The molecule has 1 N–H and O–H groups in total. The third-order valence-electron chi connectivity index (χ3n) is 2.53. The number of hydrogen-bond donors (Lipinski definition) is 1. The standard InChI is InChI=1S/C14H19NO2/c1-4-15(10-11(2)3)14(17)9-12-7-5-6-8-13(12)16/h5-8,16H,2,4,9-10H2,1,3H3. The molecule has 0 saturated heterocycles. The first-order valence-corrected chi connectivity index (χ1v) is 5.73. The molecule has 3 heteroatoms. The zero-order valence-electron chi connectivity index (χ0n) is 10.4. The highest BCUT2D eigenvalue weighted by atomic mass is 16.3. The summed E-state index contributed by atoms with van der Waals surface area (Å²) >= 11 is 0. The van der Waals surface area contributed by atoms with Gasteiger partial charge < -0.3 is 10.0 Å². The summed E-state index contributed by atoms with van der Waals surface area (Å²) in [6, 6.07) is 6.92. The molecule has 0 bridgehead atoms. The maximum atomic E-state index is 12.0. The summed E-state index contributed by atoms with van der Waals surface area (Å²) in [5, 5.41) is 9.61. The van der Waals surface area contributed by atoms with Gasteiger partial charge in [-0.25, -0.2) is 0 Å². The molecule has 0 aliphatic carbocycles. The number of likely N-dealkylation sites (N-methyl/N-ethyl adjacent to an activating group) is 1. The van der Waals surface area contributed by atoms with E-state index in [2.05, 4.69) is 6.58 Å². The molecule has 1 aromatic carbocycles. The second-order valence-corrected chi connectivity index (χ2v) is 4.17. The molecule has 0 aliphatic rings. The molecule has 0 radical (unpaired) electrons. The Morgan fingerprint density at radius 1 is 1.41 bits per heavy atom. The number of amides is 1. The predicted molar refractivity (Wildman–Crippen MR) is 68.9 cm³/mol. The van der Waals surface area contributed by atoms with E-state index in [4.69, 9.17) is 0 Å². The minimum atomic E-state index is 0.0111. The average molecular weight is 233 g/mol. The van der Waals surface area contributed by atoms with Crippen LogP contribution in [0.15, 0.2) is 36.4 Å². The number of rotatable bonds is 5. The van der Waals surface area contributed by atoms with Crippen LogP contribution in [0.3, 0.4) is 0 Å². The number of phenolic OH excluding ortho intramolecular Hbond substituents is 1. The van der Waals surface area contributed by atoms with Gasteiger partial charge in [0.15, 0.2) is 0 Å². The Kier molecular flexibility index (Phi) is 4.76. The van der Waals surface area contributed by atoms with Crippen LogP contribution in [0.1, 0.15) is 19.4 Å². The first kappa shape index (κ1) is 13.3. The van der Waals surface area contributed by atoms with E-state index in [-0.39, 0.29) is 18.1 Å². The van der Waals surface area contributed by atoms with Crippen LogP contribution in [-0.2, 0) is 11.2 Å². The second-order valence-electron chi connectivity index (χ2n) is 4.17. The molecule has 92 valence electrons. The van der Waals surface area contributed by atoms with Crippen molar-refractivity contribution in [3.63, 3.8) is 0 Å². The first-order chi connectivity index (χ1) is 8.04. The molecule has 3 nitrogen and oxygen atoms in total. The molecule has 0 fully saturated rings. The van der Waals surface area contributed by atoms with Crippen molar-refractivity contribution in [1.82, 2.24) is 4.90 Å². The Balaban J connectivity index is 2.71. The molecule has 17 heavy (non-hydrogen) atoms. The van der Waals surface area contributed by atoms with Crippen LogP contribution in [0.25, 0.3) is 0 Å². The van der Waals surface area contributed by atoms with Crippen molar-refractivity contribution in [2.75, 3.05) is 13.1 Å². The fourth-order valence-corrected chi connectivity index (χ4v) is 1.64. The number of phenols is 1. The van der Waals surface area contributed by atoms with Gasteiger partial charge in [-0.05, 0) is 19.9 Å². The van der Waals surface area contributed by atoms with Crippen LogP contribution >= 0.6 is 0 Å². The molecule has 1 aromatic rings. The van der Waals surface area contributed by atoms with E-state index in [0.717, 1.165) is 5.57 Å². The molecule has 1 amide bonds. The SMILES string of the molecule is C=C(C)CN(CC)C(=O)Cc1ccccc1O. The van der Waals surface area contributed by atoms with Gasteiger partial charge in [0.05, 0.1) is 6.42 Å². The molecular weight excluding hydrogens is 214 g/mol. The Labute approximate surface area is 102 Å². The van der Waals surface area contributed by atoms with Crippen molar-refractivity contribution >= 4 is 5.91 Å². The van der Waals surface area contributed by atoms with E-state index in [1.807, 2.05) is 19.9 Å². The van der Waals surface area contributed by atoms with Crippen molar-refractivity contribution in [2.45, 2.75) is 20.3 Å². The van der Waals surface area contributed by atoms with Gasteiger partial charge in [-0.1, -0.05) is 30.4 Å². The highest BCUT2D eigenvalue weighted by Crippen LogP contribution is 2.17. The summed E-state index contributed by atoms with van der Waals surface area (Å²) in [5.41, 5.74) is 1.62.